The second-order valence-electron chi connectivity index (χ2n) is 5.12. The highest BCUT2D eigenvalue weighted by atomic mass is 32.2. The van der Waals surface area contributed by atoms with Crippen LogP contribution in [0.5, 0.6) is 0 Å². The summed E-state index contributed by atoms with van der Waals surface area (Å²) < 4.78 is 4.97. The molecule has 0 bridgehead atoms. The van der Waals surface area contributed by atoms with E-state index in [1.54, 1.807) is 18.9 Å². The average molecular weight is 318 g/mol. The Morgan fingerprint density at radius 1 is 1.38 bits per heavy atom. The van der Waals surface area contributed by atoms with Crippen LogP contribution in [0, 0.1) is 0 Å². The molecular weight excluding hydrogens is 292 g/mol. The summed E-state index contributed by atoms with van der Waals surface area (Å²) >= 11 is 1.56. The largest absolute Gasteiger partial charge is 0.480 e. The number of hydrogen-bond acceptors (Lipinski definition) is 4. The number of carbonyl (C=O) groups excluding carboxylic acids is 1. The van der Waals surface area contributed by atoms with Gasteiger partial charge >= 0.3 is 12.0 Å². The third-order valence-corrected chi connectivity index (χ3v) is 4.80. The molecule has 2 N–H and O–H groups in total. The molecular formula is C14H26N2O4S. The molecule has 2 amide bonds. The molecule has 1 rings (SSSR count). The number of thioether (sulfide) groups is 1. The van der Waals surface area contributed by atoms with Gasteiger partial charge in [-0.15, -0.1) is 11.8 Å². The standard InChI is InChI=1S/C14H26N2O4S/c1-3-7-12-16(11(10-21-12)13(17)18)14(19)15-8-5-4-6-9-20-2/h11-12H,3-10H2,1-2H3,(H,15,19)(H,17,18). The van der Waals surface area contributed by atoms with Crippen molar-refractivity contribution in [2.45, 2.75) is 50.4 Å². The molecule has 2 unspecified atom stereocenters. The molecule has 0 spiro atoms. The van der Waals surface area contributed by atoms with Gasteiger partial charge < -0.3 is 15.2 Å². The van der Waals surface area contributed by atoms with Gasteiger partial charge in [-0.2, -0.15) is 0 Å². The van der Waals surface area contributed by atoms with Crippen molar-refractivity contribution in [3.8, 4) is 0 Å². The van der Waals surface area contributed by atoms with Crippen molar-refractivity contribution < 1.29 is 19.4 Å². The van der Waals surface area contributed by atoms with Crippen LogP contribution in [-0.2, 0) is 9.53 Å². The zero-order chi connectivity index (χ0) is 15.7. The summed E-state index contributed by atoms with van der Waals surface area (Å²) in [5.41, 5.74) is 0. The molecule has 1 heterocycles. The van der Waals surface area contributed by atoms with Crippen molar-refractivity contribution in [1.82, 2.24) is 10.2 Å². The van der Waals surface area contributed by atoms with Crippen molar-refractivity contribution >= 4 is 23.8 Å². The van der Waals surface area contributed by atoms with Crippen LogP contribution < -0.4 is 5.32 Å². The van der Waals surface area contributed by atoms with Gasteiger partial charge in [-0.25, -0.2) is 9.59 Å². The smallest absolute Gasteiger partial charge is 0.327 e. The molecule has 1 aliphatic heterocycles. The SMILES string of the molecule is CCCC1SCC(C(=O)O)N1C(=O)NCCCCCOC. The monoisotopic (exact) mass is 318 g/mol. The van der Waals surface area contributed by atoms with Crippen LogP contribution in [0.25, 0.3) is 0 Å². The quantitative estimate of drug-likeness (QED) is 0.637. The average Bonchev–Trinajstić information content (AvgIpc) is 2.87. The summed E-state index contributed by atoms with van der Waals surface area (Å²) in [4.78, 5) is 25.0. The van der Waals surface area contributed by atoms with E-state index in [4.69, 9.17) is 4.74 Å². The highest BCUT2D eigenvalue weighted by Gasteiger charge is 2.40. The molecule has 1 fully saturated rings. The van der Waals surface area contributed by atoms with E-state index in [2.05, 4.69) is 5.32 Å². The van der Waals surface area contributed by atoms with Gasteiger partial charge in [0.15, 0.2) is 0 Å². The number of carbonyl (C=O) groups is 2. The van der Waals surface area contributed by atoms with Gasteiger partial charge in [-0.05, 0) is 25.7 Å². The van der Waals surface area contributed by atoms with Crippen LogP contribution in [0.15, 0.2) is 0 Å². The maximum Gasteiger partial charge on any atom is 0.327 e. The minimum atomic E-state index is -0.920. The van der Waals surface area contributed by atoms with E-state index >= 15 is 0 Å². The Hall–Kier alpha value is -0.950. The molecule has 0 aliphatic carbocycles. The molecule has 1 saturated heterocycles. The zero-order valence-corrected chi connectivity index (χ0v) is 13.7. The first kappa shape index (κ1) is 18.1. The summed E-state index contributed by atoms with van der Waals surface area (Å²) in [6.45, 7) is 3.35. The number of rotatable bonds is 9. The zero-order valence-electron chi connectivity index (χ0n) is 12.8. The molecule has 1 aliphatic rings. The molecule has 0 saturated carbocycles. The third-order valence-electron chi connectivity index (χ3n) is 3.45. The lowest BCUT2D eigenvalue weighted by Gasteiger charge is -2.27. The van der Waals surface area contributed by atoms with Crippen LogP contribution in [0.4, 0.5) is 4.79 Å². The van der Waals surface area contributed by atoms with Crippen LogP contribution in [0.2, 0.25) is 0 Å². The predicted octanol–water partition coefficient (Wildman–Crippen LogP) is 2.14. The number of urea groups is 1. The van der Waals surface area contributed by atoms with Gasteiger partial charge in [0.1, 0.15) is 6.04 Å². The Labute approximate surface area is 130 Å². The number of amides is 2. The number of nitrogens with one attached hydrogen (secondary N) is 1. The van der Waals surface area contributed by atoms with Crippen molar-refractivity contribution in [1.29, 1.82) is 0 Å². The highest BCUT2D eigenvalue weighted by Crippen LogP contribution is 2.32. The number of aliphatic carboxylic acids is 1. The number of carboxylic acids is 1. The van der Waals surface area contributed by atoms with E-state index < -0.39 is 12.0 Å². The molecule has 0 radical (unpaired) electrons. The van der Waals surface area contributed by atoms with Crippen molar-refractivity contribution in [3.05, 3.63) is 0 Å². The van der Waals surface area contributed by atoms with Crippen LogP contribution in [0.1, 0.15) is 39.0 Å². The summed E-state index contributed by atoms with van der Waals surface area (Å²) in [5, 5.41) is 12.1. The van der Waals surface area contributed by atoms with Gasteiger partial charge in [0.25, 0.3) is 0 Å². The fourth-order valence-corrected chi connectivity index (χ4v) is 3.84. The van der Waals surface area contributed by atoms with Crippen molar-refractivity contribution in [2.75, 3.05) is 26.0 Å². The van der Waals surface area contributed by atoms with E-state index in [0.717, 1.165) is 38.7 Å². The normalized spacial score (nSPS) is 21.5. The Bertz CT molecular complexity index is 341. The number of methoxy groups -OCH3 is 1. The molecule has 122 valence electrons. The van der Waals surface area contributed by atoms with Crippen LogP contribution in [0.3, 0.4) is 0 Å². The van der Waals surface area contributed by atoms with E-state index in [9.17, 15) is 14.7 Å². The first-order valence-electron chi connectivity index (χ1n) is 7.51. The summed E-state index contributed by atoms with van der Waals surface area (Å²) in [6.07, 6.45) is 4.61. The summed E-state index contributed by atoms with van der Waals surface area (Å²) in [5.74, 6) is -0.447. The minimum Gasteiger partial charge on any atom is -0.480 e. The molecule has 2 atom stereocenters. The maximum atomic E-state index is 12.2. The minimum absolute atomic E-state index is 0.0235. The summed E-state index contributed by atoms with van der Waals surface area (Å²) in [6, 6.07) is -0.961. The Morgan fingerprint density at radius 2 is 2.14 bits per heavy atom. The highest BCUT2D eigenvalue weighted by molar-refractivity contribution is 8.00. The lowest BCUT2D eigenvalue weighted by molar-refractivity contribution is -0.141. The number of unbranched alkanes of at least 4 members (excludes halogenated alkanes) is 2. The van der Waals surface area contributed by atoms with E-state index in [0.29, 0.717) is 12.3 Å². The predicted molar refractivity (Wildman–Crippen MR) is 83.5 cm³/mol. The van der Waals surface area contributed by atoms with Crippen molar-refractivity contribution in [2.24, 2.45) is 0 Å². The lowest BCUT2D eigenvalue weighted by Crippen LogP contribution is -2.50. The van der Waals surface area contributed by atoms with Crippen molar-refractivity contribution in [3.63, 3.8) is 0 Å². The van der Waals surface area contributed by atoms with Crippen LogP contribution >= 0.6 is 11.8 Å². The van der Waals surface area contributed by atoms with Crippen LogP contribution in [-0.4, -0.2) is 59.4 Å². The first-order valence-corrected chi connectivity index (χ1v) is 8.56. The second-order valence-corrected chi connectivity index (χ2v) is 6.33. The van der Waals surface area contributed by atoms with Gasteiger partial charge in [0.05, 0.1) is 5.37 Å². The number of ether oxygens (including phenoxy) is 1. The molecule has 0 aromatic heterocycles. The molecule has 6 nitrogen and oxygen atoms in total. The second kappa shape index (κ2) is 9.89. The molecule has 0 aromatic rings. The van der Waals surface area contributed by atoms with Gasteiger partial charge in [-0.1, -0.05) is 13.3 Å². The molecule has 7 heteroatoms. The van der Waals surface area contributed by atoms with E-state index in [-0.39, 0.29) is 11.4 Å². The maximum absolute atomic E-state index is 12.2. The first-order chi connectivity index (χ1) is 10.1. The Kier molecular flexibility index (Phi) is 8.52. The fraction of sp³-hybridized carbons (Fsp3) is 0.857. The lowest BCUT2D eigenvalue weighted by atomic mass is 10.2. The fourth-order valence-electron chi connectivity index (χ4n) is 2.33. The molecule has 0 aromatic carbocycles. The molecule has 21 heavy (non-hydrogen) atoms. The number of nitrogens with zero attached hydrogens (tertiary/aromatic N) is 1. The third kappa shape index (κ3) is 5.74. The topological polar surface area (TPSA) is 78.9 Å². The number of carboxylic acid groups (broad SMARTS) is 1. The summed E-state index contributed by atoms with van der Waals surface area (Å²) in [7, 11) is 1.67. The van der Waals surface area contributed by atoms with Gasteiger partial charge in [0.2, 0.25) is 0 Å². The Morgan fingerprint density at radius 3 is 2.76 bits per heavy atom. The van der Waals surface area contributed by atoms with E-state index in [1.165, 1.54) is 4.90 Å². The Balaban J connectivity index is 2.41. The van der Waals surface area contributed by atoms with Gasteiger partial charge in [-0.3, -0.25) is 4.90 Å². The number of hydrogen-bond donors (Lipinski definition) is 2. The van der Waals surface area contributed by atoms with Gasteiger partial charge in [0, 0.05) is 26.0 Å². The van der Waals surface area contributed by atoms with E-state index in [1.807, 2.05) is 6.92 Å².